The van der Waals surface area contributed by atoms with Crippen molar-refractivity contribution in [2.75, 3.05) is 6.54 Å². The smallest absolute Gasteiger partial charge is 0.126 e. The van der Waals surface area contributed by atoms with Gasteiger partial charge in [-0.2, -0.15) is 0 Å². The van der Waals surface area contributed by atoms with Crippen LogP contribution in [0.1, 0.15) is 64.6 Å². The summed E-state index contributed by atoms with van der Waals surface area (Å²) in [6.45, 7) is 14.0. The van der Waals surface area contributed by atoms with E-state index in [0.717, 1.165) is 24.9 Å². The molecular weight excluding hydrogens is 249 g/mol. The average Bonchev–Trinajstić information content (AvgIpc) is 2.36. The Bertz CT molecular complexity index is 420. The summed E-state index contributed by atoms with van der Waals surface area (Å²) in [7, 11) is 0. The van der Waals surface area contributed by atoms with Gasteiger partial charge in [0.1, 0.15) is 5.82 Å². The number of nitrogens with one attached hydrogen (secondary N) is 1. The lowest BCUT2D eigenvalue weighted by Gasteiger charge is -2.31. The summed E-state index contributed by atoms with van der Waals surface area (Å²) in [6.07, 6.45) is 2.13. The normalized spacial score (nSPS) is 15.2. The molecule has 0 spiro atoms. The number of hydrogen-bond donors (Lipinski definition) is 1. The van der Waals surface area contributed by atoms with Crippen molar-refractivity contribution in [1.29, 1.82) is 0 Å². The highest BCUT2D eigenvalue weighted by atomic mass is 19.1. The van der Waals surface area contributed by atoms with Crippen LogP contribution < -0.4 is 5.32 Å². The summed E-state index contributed by atoms with van der Waals surface area (Å²) < 4.78 is 13.8. The second kappa shape index (κ2) is 7.21. The Labute approximate surface area is 124 Å². The molecule has 114 valence electrons. The van der Waals surface area contributed by atoms with E-state index in [-0.39, 0.29) is 17.3 Å². The predicted octanol–water partition coefficient (Wildman–Crippen LogP) is 5.25. The van der Waals surface area contributed by atoms with Crippen molar-refractivity contribution >= 4 is 0 Å². The number of rotatable bonds is 6. The lowest BCUT2D eigenvalue weighted by atomic mass is 9.77. The molecular formula is C18H30FN. The summed E-state index contributed by atoms with van der Waals surface area (Å²) >= 11 is 0. The quantitative estimate of drug-likeness (QED) is 0.750. The van der Waals surface area contributed by atoms with E-state index in [9.17, 15) is 4.39 Å². The third-order valence-electron chi connectivity index (χ3n) is 4.31. The van der Waals surface area contributed by atoms with Gasteiger partial charge in [0.05, 0.1) is 0 Å². The maximum absolute atomic E-state index is 13.8. The van der Waals surface area contributed by atoms with Gasteiger partial charge in [0.25, 0.3) is 0 Å². The van der Waals surface area contributed by atoms with Gasteiger partial charge in [0, 0.05) is 6.04 Å². The lowest BCUT2D eigenvalue weighted by Crippen LogP contribution is -2.28. The van der Waals surface area contributed by atoms with Crippen LogP contribution in [0, 0.1) is 24.1 Å². The van der Waals surface area contributed by atoms with Gasteiger partial charge in [0.2, 0.25) is 0 Å². The summed E-state index contributed by atoms with van der Waals surface area (Å²) in [4.78, 5) is 0. The minimum Gasteiger partial charge on any atom is -0.310 e. The highest BCUT2D eigenvalue weighted by Crippen LogP contribution is 2.33. The molecule has 0 aliphatic carbocycles. The van der Waals surface area contributed by atoms with Crippen molar-refractivity contribution in [3.8, 4) is 0 Å². The van der Waals surface area contributed by atoms with Crippen LogP contribution in [0.4, 0.5) is 4.39 Å². The molecule has 0 aliphatic heterocycles. The standard InChI is InChI=1S/C18H30FN/c1-7-10-20-17(11-14(3)18(4,5)6)15-9-8-13(2)16(19)12-15/h8-9,12,14,17,20H,7,10-11H2,1-6H3. The van der Waals surface area contributed by atoms with Crippen LogP contribution in [-0.2, 0) is 0 Å². The van der Waals surface area contributed by atoms with Gasteiger partial charge in [0.15, 0.2) is 0 Å². The molecule has 0 fully saturated rings. The second-order valence-corrected chi connectivity index (χ2v) is 7.02. The van der Waals surface area contributed by atoms with Crippen LogP contribution in [0.2, 0.25) is 0 Å². The first kappa shape index (κ1) is 17.2. The molecule has 2 atom stereocenters. The molecule has 1 aromatic rings. The Hall–Kier alpha value is -0.890. The molecule has 0 saturated heterocycles. The van der Waals surface area contributed by atoms with Gasteiger partial charge >= 0.3 is 0 Å². The highest BCUT2D eigenvalue weighted by molar-refractivity contribution is 5.26. The van der Waals surface area contributed by atoms with Crippen LogP contribution in [0.3, 0.4) is 0 Å². The monoisotopic (exact) mass is 279 g/mol. The molecule has 1 nitrogen and oxygen atoms in total. The number of hydrogen-bond acceptors (Lipinski definition) is 1. The number of benzene rings is 1. The van der Waals surface area contributed by atoms with E-state index in [1.54, 1.807) is 6.07 Å². The Morgan fingerprint density at radius 2 is 1.90 bits per heavy atom. The van der Waals surface area contributed by atoms with Crippen LogP contribution >= 0.6 is 0 Å². The van der Waals surface area contributed by atoms with Crippen molar-refractivity contribution < 1.29 is 4.39 Å². The molecule has 1 N–H and O–H groups in total. The zero-order valence-electron chi connectivity index (χ0n) is 13.9. The van der Waals surface area contributed by atoms with E-state index in [1.807, 2.05) is 13.0 Å². The molecule has 20 heavy (non-hydrogen) atoms. The topological polar surface area (TPSA) is 12.0 Å². The zero-order chi connectivity index (χ0) is 15.3. The van der Waals surface area contributed by atoms with Gasteiger partial charge < -0.3 is 5.32 Å². The summed E-state index contributed by atoms with van der Waals surface area (Å²) in [5.41, 5.74) is 2.06. The van der Waals surface area contributed by atoms with Crippen LogP contribution in [0.15, 0.2) is 18.2 Å². The van der Waals surface area contributed by atoms with E-state index in [4.69, 9.17) is 0 Å². The van der Waals surface area contributed by atoms with Crippen molar-refractivity contribution in [3.05, 3.63) is 35.1 Å². The van der Waals surface area contributed by atoms with Gasteiger partial charge in [-0.15, -0.1) is 0 Å². The minimum absolute atomic E-state index is 0.103. The highest BCUT2D eigenvalue weighted by Gasteiger charge is 2.24. The molecule has 0 bridgehead atoms. The average molecular weight is 279 g/mol. The van der Waals surface area contributed by atoms with E-state index in [1.165, 1.54) is 0 Å². The van der Waals surface area contributed by atoms with Crippen molar-refractivity contribution in [2.45, 2.75) is 60.4 Å². The Kier molecular flexibility index (Phi) is 6.19. The molecule has 0 radical (unpaired) electrons. The van der Waals surface area contributed by atoms with Gasteiger partial charge in [-0.25, -0.2) is 4.39 Å². The summed E-state index contributed by atoms with van der Waals surface area (Å²) in [5, 5.41) is 3.57. The second-order valence-electron chi connectivity index (χ2n) is 7.02. The summed E-state index contributed by atoms with van der Waals surface area (Å²) in [5.74, 6) is 0.468. The van der Waals surface area contributed by atoms with Gasteiger partial charge in [-0.05, 0) is 54.8 Å². The van der Waals surface area contributed by atoms with Gasteiger partial charge in [-0.3, -0.25) is 0 Å². The summed E-state index contributed by atoms with van der Waals surface area (Å²) in [6, 6.07) is 5.87. The SMILES string of the molecule is CCCNC(CC(C)C(C)(C)C)c1ccc(C)c(F)c1. The fraction of sp³-hybridized carbons (Fsp3) is 0.667. The molecule has 0 amide bonds. The Balaban J connectivity index is 2.90. The largest absolute Gasteiger partial charge is 0.310 e. The molecule has 0 heterocycles. The van der Waals surface area contributed by atoms with Crippen LogP contribution in [-0.4, -0.2) is 6.54 Å². The predicted molar refractivity (Wildman–Crippen MR) is 85.4 cm³/mol. The van der Waals surface area contributed by atoms with E-state index >= 15 is 0 Å². The first-order valence-corrected chi connectivity index (χ1v) is 7.75. The van der Waals surface area contributed by atoms with Crippen molar-refractivity contribution in [3.63, 3.8) is 0 Å². The van der Waals surface area contributed by atoms with Crippen LogP contribution in [0.5, 0.6) is 0 Å². The van der Waals surface area contributed by atoms with E-state index in [2.05, 4.69) is 46.0 Å². The molecule has 1 rings (SSSR count). The molecule has 1 aromatic carbocycles. The Morgan fingerprint density at radius 3 is 2.40 bits per heavy atom. The number of halogens is 1. The van der Waals surface area contributed by atoms with E-state index in [0.29, 0.717) is 11.5 Å². The van der Waals surface area contributed by atoms with E-state index < -0.39 is 0 Å². The lowest BCUT2D eigenvalue weighted by molar-refractivity contribution is 0.223. The molecule has 0 aliphatic rings. The first-order valence-electron chi connectivity index (χ1n) is 7.75. The molecule has 0 saturated carbocycles. The van der Waals surface area contributed by atoms with Crippen LogP contribution in [0.25, 0.3) is 0 Å². The maximum atomic E-state index is 13.8. The minimum atomic E-state index is -0.103. The zero-order valence-corrected chi connectivity index (χ0v) is 13.9. The maximum Gasteiger partial charge on any atom is 0.126 e. The number of aryl methyl sites for hydroxylation is 1. The molecule has 2 unspecified atom stereocenters. The fourth-order valence-corrected chi connectivity index (χ4v) is 2.19. The fourth-order valence-electron chi connectivity index (χ4n) is 2.19. The van der Waals surface area contributed by atoms with Gasteiger partial charge in [-0.1, -0.05) is 46.8 Å². The first-order chi connectivity index (χ1) is 9.25. The molecule has 2 heteroatoms. The third-order valence-corrected chi connectivity index (χ3v) is 4.31. The molecule has 0 aromatic heterocycles. The Morgan fingerprint density at radius 1 is 1.25 bits per heavy atom. The third kappa shape index (κ3) is 4.90. The van der Waals surface area contributed by atoms with Crippen molar-refractivity contribution in [2.24, 2.45) is 11.3 Å². The van der Waals surface area contributed by atoms with Crippen molar-refractivity contribution in [1.82, 2.24) is 5.32 Å².